The molecule has 0 aliphatic rings. The van der Waals surface area contributed by atoms with E-state index in [0.29, 0.717) is 12.4 Å². The molecule has 0 saturated carbocycles. The summed E-state index contributed by atoms with van der Waals surface area (Å²) in [6.45, 7) is 0.802. The van der Waals surface area contributed by atoms with E-state index >= 15 is 0 Å². The molecule has 0 aliphatic heterocycles. The highest BCUT2D eigenvalue weighted by Crippen LogP contribution is 2.28. The standard InChI is InChI=1S/C11H15F3N2O/c12-11(13,14)9-4-5-10(16-8-9)15-6-2-1-3-7-17/h4-5,8,17H,1-3,6-7H2,(H,15,16). The number of aliphatic hydroxyl groups excluding tert-OH is 1. The van der Waals surface area contributed by atoms with E-state index in [2.05, 4.69) is 10.3 Å². The smallest absolute Gasteiger partial charge is 0.396 e. The summed E-state index contributed by atoms with van der Waals surface area (Å²) >= 11 is 0. The molecule has 0 bridgehead atoms. The zero-order valence-electron chi connectivity index (χ0n) is 9.30. The van der Waals surface area contributed by atoms with Gasteiger partial charge in [0.2, 0.25) is 0 Å². The zero-order chi connectivity index (χ0) is 12.7. The lowest BCUT2D eigenvalue weighted by Gasteiger charge is -2.08. The molecular weight excluding hydrogens is 233 g/mol. The summed E-state index contributed by atoms with van der Waals surface area (Å²) < 4.78 is 36.7. The van der Waals surface area contributed by atoms with Crippen molar-refractivity contribution in [3.05, 3.63) is 23.9 Å². The second-order valence-electron chi connectivity index (χ2n) is 3.64. The van der Waals surface area contributed by atoms with Crippen molar-refractivity contribution in [1.29, 1.82) is 0 Å². The second-order valence-corrected chi connectivity index (χ2v) is 3.64. The fourth-order valence-electron chi connectivity index (χ4n) is 1.30. The van der Waals surface area contributed by atoms with Gasteiger partial charge in [0.1, 0.15) is 5.82 Å². The van der Waals surface area contributed by atoms with E-state index in [1.54, 1.807) is 0 Å². The van der Waals surface area contributed by atoms with E-state index in [1.807, 2.05) is 0 Å². The molecule has 0 radical (unpaired) electrons. The molecular formula is C11H15F3N2O. The third-order valence-electron chi connectivity index (χ3n) is 2.23. The Morgan fingerprint density at radius 3 is 2.47 bits per heavy atom. The number of hydrogen-bond donors (Lipinski definition) is 2. The van der Waals surface area contributed by atoms with Crippen LogP contribution >= 0.6 is 0 Å². The molecule has 0 spiro atoms. The number of anilines is 1. The SMILES string of the molecule is OCCCCCNc1ccc(C(F)(F)F)cn1. The number of unbranched alkanes of at least 4 members (excludes halogenated alkanes) is 2. The third-order valence-corrected chi connectivity index (χ3v) is 2.23. The van der Waals surface area contributed by atoms with Crippen LogP contribution in [-0.4, -0.2) is 23.2 Å². The van der Waals surface area contributed by atoms with Crippen LogP contribution in [0.3, 0.4) is 0 Å². The Morgan fingerprint density at radius 2 is 1.94 bits per heavy atom. The highest BCUT2D eigenvalue weighted by atomic mass is 19.4. The van der Waals surface area contributed by atoms with E-state index in [1.165, 1.54) is 6.07 Å². The van der Waals surface area contributed by atoms with Gasteiger partial charge in [-0.1, -0.05) is 0 Å². The van der Waals surface area contributed by atoms with Gasteiger partial charge in [-0.05, 0) is 31.4 Å². The average Bonchev–Trinajstić information content (AvgIpc) is 2.28. The first-order chi connectivity index (χ1) is 8.04. The summed E-state index contributed by atoms with van der Waals surface area (Å²) in [6.07, 6.45) is -1.06. The van der Waals surface area contributed by atoms with Crippen LogP contribution in [0.4, 0.5) is 19.0 Å². The Balaban J connectivity index is 2.36. The maximum Gasteiger partial charge on any atom is 0.417 e. The third kappa shape index (κ3) is 5.04. The fraction of sp³-hybridized carbons (Fsp3) is 0.545. The Bertz CT molecular complexity index is 324. The van der Waals surface area contributed by atoms with Gasteiger partial charge in [0.05, 0.1) is 5.56 Å². The summed E-state index contributed by atoms with van der Waals surface area (Å²) in [4.78, 5) is 3.68. The Labute approximate surface area is 97.7 Å². The van der Waals surface area contributed by atoms with Gasteiger partial charge in [0, 0.05) is 19.3 Å². The van der Waals surface area contributed by atoms with Crippen LogP contribution in [0.1, 0.15) is 24.8 Å². The van der Waals surface area contributed by atoms with Gasteiger partial charge in [0.25, 0.3) is 0 Å². The average molecular weight is 248 g/mol. The lowest BCUT2D eigenvalue weighted by molar-refractivity contribution is -0.137. The molecule has 0 saturated heterocycles. The maximum atomic E-state index is 12.2. The van der Waals surface area contributed by atoms with Crippen molar-refractivity contribution in [3.8, 4) is 0 Å². The molecule has 0 fully saturated rings. The van der Waals surface area contributed by atoms with Crippen molar-refractivity contribution in [3.63, 3.8) is 0 Å². The Morgan fingerprint density at radius 1 is 1.18 bits per heavy atom. The summed E-state index contributed by atoms with van der Waals surface area (Å²) in [6, 6.07) is 2.32. The van der Waals surface area contributed by atoms with Crippen LogP contribution in [0.5, 0.6) is 0 Å². The lowest BCUT2D eigenvalue weighted by Crippen LogP contribution is -2.07. The number of hydrogen-bond acceptors (Lipinski definition) is 3. The number of aliphatic hydroxyl groups is 1. The van der Waals surface area contributed by atoms with Gasteiger partial charge >= 0.3 is 6.18 Å². The topological polar surface area (TPSA) is 45.1 Å². The minimum atomic E-state index is -4.34. The molecule has 0 unspecified atom stereocenters. The molecule has 96 valence electrons. The largest absolute Gasteiger partial charge is 0.417 e. The Hall–Kier alpha value is -1.30. The molecule has 1 aromatic heterocycles. The number of pyridine rings is 1. The van der Waals surface area contributed by atoms with E-state index in [4.69, 9.17) is 5.11 Å². The fourth-order valence-corrected chi connectivity index (χ4v) is 1.30. The number of nitrogens with one attached hydrogen (secondary N) is 1. The van der Waals surface area contributed by atoms with Gasteiger partial charge in [-0.25, -0.2) is 4.98 Å². The molecule has 0 atom stereocenters. The first-order valence-corrected chi connectivity index (χ1v) is 5.42. The molecule has 3 nitrogen and oxygen atoms in total. The van der Waals surface area contributed by atoms with E-state index in [9.17, 15) is 13.2 Å². The molecule has 0 aromatic carbocycles. The first kappa shape index (κ1) is 13.8. The van der Waals surface area contributed by atoms with Crippen molar-refractivity contribution < 1.29 is 18.3 Å². The van der Waals surface area contributed by atoms with Crippen LogP contribution < -0.4 is 5.32 Å². The van der Waals surface area contributed by atoms with Crippen molar-refractivity contribution in [1.82, 2.24) is 4.98 Å². The monoisotopic (exact) mass is 248 g/mol. The minimum Gasteiger partial charge on any atom is -0.396 e. The number of rotatable bonds is 6. The maximum absolute atomic E-state index is 12.2. The number of halogens is 3. The quantitative estimate of drug-likeness (QED) is 0.761. The van der Waals surface area contributed by atoms with Crippen molar-refractivity contribution in [2.45, 2.75) is 25.4 Å². The van der Waals surface area contributed by atoms with E-state index in [-0.39, 0.29) is 6.61 Å². The molecule has 0 aliphatic carbocycles. The first-order valence-electron chi connectivity index (χ1n) is 5.42. The van der Waals surface area contributed by atoms with Gasteiger partial charge in [-0.15, -0.1) is 0 Å². The van der Waals surface area contributed by atoms with E-state index in [0.717, 1.165) is 31.5 Å². The molecule has 6 heteroatoms. The number of aromatic nitrogens is 1. The normalized spacial score (nSPS) is 11.5. The highest BCUT2D eigenvalue weighted by molar-refractivity contribution is 5.35. The van der Waals surface area contributed by atoms with Crippen LogP contribution in [0.2, 0.25) is 0 Å². The predicted octanol–water partition coefficient (Wildman–Crippen LogP) is 2.67. The van der Waals surface area contributed by atoms with Gasteiger partial charge < -0.3 is 10.4 Å². The number of nitrogens with zero attached hydrogens (tertiary/aromatic N) is 1. The van der Waals surface area contributed by atoms with Gasteiger partial charge in [-0.3, -0.25) is 0 Å². The second kappa shape index (κ2) is 6.44. The van der Waals surface area contributed by atoms with Crippen molar-refractivity contribution in [2.24, 2.45) is 0 Å². The summed E-state index contributed by atoms with van der Waals surface area (Å²) in [7, 11) is 0. The molecule has 17 heavy (non-hydrogen) atoms. The van der Waals surface area contributed by atoms with Crippen molar-refractivity contribution >= 4 is 5.82 Å². The van der Waals surface area contributed by atoms with Crippen LogP contribution in [0.15, 0.2) is 18.3 Å². The Kier molecular flexibility index (Phi) is 5.21. The highest BCUT2D eigenvalue weighted by Gasteiger charge is 2.30. The lowest BCUT2D eigenvalue weighted by atomic mass is 10.2. The number of alkyl halides is 3. The summed E-state index contributed by atoms with van der Waals surface area (Å²) in [5, 5.41) is 11.5. The summed E-state index contributed by atoms with van der Waals surface area (Å²) in [5.41, 5.74) is -0.747. The van der Waals surface area contributed by atoms with E-state index < -0.39 is 11.7 Å². The van der Waals surface area contributed by atoms with Crippen LogP contribution in [-0.2, 0) is 6.18 Å². The molecule has 1 aromatic rings. The zero-order valence-corrected chi connectivity index (χ0v) is 9.30. The molecule has 0 amide bonds. The van der Waals surface area contributed by atoms with Gasteiger partial charge in [0.15, 0.2) is 0 Å². The van der Waals surface area contributed by atoms with Crippen LogP contribution in [0.25, 0.3) is 0 Å². The summed E-state index contributed by atoms with van der Waals surface area (Å²) in [5.74, 6) is 0.432. The van der Waals surface area contributed by atoms with Crippen molar-refractivity contribution in [2.75, 3.05) is 18.5 Å². The van der Waals surface area contributed by atoms with Crippen LogP contribution in [0, 0.1) is 0 Å². The van der Waals surface area contributed by atoms with Gasteiger partial charge in [-0.2, -0.15) is 13.2 Å². The molecule has 2 N–H and O–H groups in total. The molecule has 1 heterocycles. The minimum absolute atomic E-state index is 0.165. The predicted molar refractivity (Wildman–Crippen MR) is 58.7 cm³/mol. The molecule has 1 rings (SSSR count).